The standard InChI is InChI=1S/C8H15N3O4/c1-2-8(12)13-6-7-14-11-10(15-11)9-4-3-5-9/h2-7H2,1H3. The highest BCUT2D eigenvalue weighted by atomic mass is 17.0. The minimum Gasteiger partial charge on any atom is -0.462 e. The van der Waals surface area contributed by atoms with Gasteiger partial charge in [0.2, 0.25) is 0 Å². The molecule has 0 aromatic carbocycles. The summed E-state index contributed by atoms with van der Waals surface area (Å²) in [5.74, 6) is -0.218. The number of nitrogens with zero attached hydrogens (tertiary/aromatic N) is 3. The fraction of sp³-hybridized carbons (Fsp3) is 0.875. The first-order valence-electron chi connectivity index (χ1n) is 5.13. The molecule has 1 aliphatic rings. The third kappa shape index (κ3) is 2.48. The summed E-state index contributed by atoms with van der Waals surface area (Å²) in [6.45, 7) is 4.29. The molecule has 0 atom stereocenters. The summed E-state index contributed by atoms with van der Waals surface area (Å²) in [5.41, 5.74) is 0. The van der Waals surface area contributed by atoms with Crippen LogP contribution in [0.3, 0.4) is 0 Å². The van der Waals surface area contributed by atoms with Gasteiger partial charge in [0.1, 0.15) is 11.6 Å². The molecule has 86 valence electrons. The van der Waals surface area contributed by atoms with Crippen LogP contribution in [0.2, 0.25) is 0 Å². The highest BCUT2D eigenvalue weighted by Gasteiger charge is 2.25. The lowest BCUT2D eigenvalue weighted by molar-refractivity contribution is -0.145. The Labute approximate surface area is 86.9 Å². The molecule has 1 aromatic rings. The molecule has 7 heteroatoms. The molecule has 1 aliphatic heterocycles. The fourth-order valence-corrected chi connectivity index (χ4v) is 1.12. The number of hydrogen-bond donors (Lipinski definition) is 0. The van der Waals surface area contributed by atoms with E-state index in [0.717, 1.165) is 13.1 Å². The number of carbonyl (C=O) groups excluding carboxylic acids is 1. The zero-order chi connectivity index (χ0) is 10.7. The Morgan fingerprint density at radius 2 is 2.20 bits per heavy atom. The summed E-state index contributed by atoms with van der Waals surface area (Å²) in [6, 6.07) is 0. The maximum Gasteiger partial charge on any atom is 0.305 e. The van der Waals surface area contributed by atoms with Gasteiger partial charge in [-0.3, -0.25) is 9.80 Å². The highest BCUT2D eigenvalue weighted by Crippen LogP contribution is 2.07. The van der Waals surface area contributed by atoms with E-state index >= 15 is 0 Å². The molecule has 2 heterocycles. The van der Waals surface area contributed by atoms with Crippen molar-refractivity contribution in [1.29, 1.82) is 0 Å². The van der Waals surface area contributed by atoms with E-state index in [4.69, 9.17) is 14.2 Å². The molecule has 1 saturated heterocycles. The first-order valence-corrected chi connectivity index (χ1v) is 5.13. The Hall–Kier alpha value is -1.53. The monoisotopic (exact) mass is 217 g/mol. The van der Waals surface area contributed by atoms with Gasteiger partial charge in [-0.2, -0.15) is 4.63 Å². The number of hydrogen-bond acceptors (Lipinski definition) is 5. The Bertz CT molecular complexity index is 310. The van der Waals surface area contributed by atoms with Gasteiger partial charge in [-0.05, 0) is 6.42 Å². The van der Waals surface area contributed by atoms with Gasteiger partial charge in [-0.1, -0.05) is 6.92 Å². The number of carbonyl (C=O) groups is 1. The van der Waals surface area contributed by atoms with Gasteiger partial charge in [-0.15, -0.1) is 0 Å². The van der Waals surface area contributed by atoms with Gasteiger partial charge in [0.15, 0.2) is 6.61 Å². The van der Waals surface area contributed by atoms with Crippen molar-refractivity contribution in [2.45, 2.75) is 19.8 Å². The molecule has 1 fully saturated rings. The Morgan fingerprint density at radius 1 is 1.40 bits per heavy atom. The lowest BCUT2D eigenvalue weighted by atomic mass is 10.3. The third-order valence-corrected chi connectivity index (χ3v) is 2.17. The van der Waals surface area contributed by atoms with Crippen LogP contribution in [-0.4, -0.2) is 42.3 Å². The van der Waals surface area contributed by atoms with E-state index < -0.39 is 0 Å². The number of aromatic nitrogens is 2. The summed E-state index contributed by atoms with van der Waals surface area (Å²) >= 11 is 0. The summed E-state index contributed by atoms with van der Waals surface area (Å²) in [7, 11) is 0. The second-order valence-corrected chi connectivity index (χ2v) is 3.29. The van der Waals surface area contributed by atoms with Gasteiger partial charge in [0, 0.05) is 24.5 Å². The van der Waals surface area contributed by atoms with E-state index in [-0.39, 0.29) is 12.6 Å². The van der Waals surface area contributed by atoms with Crippen LogP contribution in [0.5, 0.6) is 0 Å². The van der Waals surface area contributed by atoms with Crippen molar-refractivity contribution < 1.29 is 19.0 Å². The Morgan fingerprint density at radius 3 is 2.80 bits per heavy atom. The van der Waals surface area contributed by atoms with Crippen LogP contribution in [0.15, 0.2) is 4.63 Å². The van der Waals surface area contributed by atoms with Crippen LogP contribution in [0.25, 0.3) is 0 Å². The lowest BCUT2D eigenvalue weighted by Crippen LogP contribution is -2.44. The smallest absolute Gasteiger partial charge is 0.305 e. The van der Waals surface area contributed by atoms with Gasteiger partial charge in [0.25, 0.3) is 0 Å². The van der Waals surface area contributed by atoms with Crippen molar-refractivity contribution in [3.05, 3.63) is 0 Å². The summed E-state index contributed by atoms with van der Waals surface area (Å²) in [6.07, 6.45) is 1.57. The topological polar surface area (TPSA) is 61.8 Å². The normalized spacial score (nSPS) is 15.1. The second-order valence-electron chi connectivity index (χ2n) is 3.29. The van der Waals surface area contributed by atoms with Crippen molar-refractivity contribution >= 4 is 5.97 Å². The molecule has 7 nitrogen and oxygen atoms in total. The highest BCUT2D eigenvalue weighted by molar-refractivity contribution is 5.68. The second kappa shape index (κ2) is 4.33. The van der Waals surface area contributed by atoms with Crippen LogP contribution in [-0.2, 0) is 9.53 Å². The molecule has 0 N–H and O–H groups in total. The SMILES string of the molecule is CCC(=O)OCCOn1on1N1CCC1. The van der Waals surface area contributed by atoms with Crippen LogP contribution in [0, 0.1) is 0 Å². The summed E-state index contributed by atoms with van der Waals surface area (Å²) in [5, 5.41) is 3.27. The maximum absolute atomic E-state index is 10.8. The summed E-state index contributed by atoms with van der Waals surface area (Å²) < 4.78 is 9.81. The molecule has 15 heavy (non-hydrogen) atoms. The predicted octanol–water partition coefficient (Wildman–Crippen LogP) is -0.394. The Kier molecular flexibility index (Phi) is 2.89. The summed E-state index contributed by atoms with van der Waals surface area (Å²) in [4.78, 5) is 17.4. The molecule has 0 radical (unpaired) electrons. The lowest BCUT2D eigenvalue weighted by Gasteiger charge is -2.25. The minimum absolute atomic E-state index is 0.218. The molecule has 0 aliphatic carbocycles. The first-order chi connectivity index (χ1) is 7.31. The first kappa shape index (κ1) is 10.0. The predicted molar refractivity (Wildman–Crippen MR) is 50.0 cm³/mol. The van der Waals surface area contributed by atoms with E-state index in [0.29, 0.717) is 13.0 Å². The third-order valence-electron chi connectivity index (χ3n) is 2.17. The van der Waals surface area contributed by atoms with Crippen molar-refractivity contribution in [1.82, 2.24) is 9.98 Å². The average molecular weight is 217 g/mol. The van der Waals surface area contributed by atoms with E-state index in [9.17, 15) is 4.79 Å². The van der Waals surface area contributed by atoms with E-state index in [2.05, 4.69) is 0 Å². The molecule has 0 amide bonds. The van der Waals surface area contributed by atoms with Gasteiger partial charge < -0.3 is 9.57 Å². The molecule has 0 spiro atoms. The molecule has 0 bridgehead atoms. The molecule has 1 aromatic heterocycles. The quantitative estimate of drug-likeness (QED) is 0.479. The molecule has 0 unspecified atom stereocenters. The molecule has 0 saturated carbocycles. The van der Waals surface area contributed by atoms with Crippen molar-refractivity contribution in [3.8, 4) is 0 Å². The zero-order valence-electron chi connectivity index (χ0n) is 8.72. The largest absolute Gasteiger partial charge is 0.462 e. The Balaban J connectivity index is 1.54. The molecule has 2 rings (SSSR count). The van der Waals surface area contributed by atoms with Crippen LogP contribution >= 0.6 is 0 Å². The zero-order valence-corrected chi connectivity index (χ0v) is 8.72. The number of ether oxygens (including phenoxy) is 1. The minimum atomic E-state index is -0.218. The van der Waals surface area contributed by atoms with Crippen molar-refractivity contribution in [2.75, 3.05) is 31.3 Å². The van der Waals surface area contributed by atoms with Crippen LogP contribution < -0.4 is 9.85 Å². The molecular weight excluding hydrogens is 202 g/mol. The van der Waals surface area contributed by atoms with Gasteiger partial charge in [0.05, 0.1) is 0 Å². The number of esters is 1. The van der Waals surface area contributed by atoms with Crippen molar-refractivity contribution in [2.24, 2.45) is 0 Å². The maximum atomic E-state index is 10.8. The van der Waals surface area contributed by atoms with E-state index in [1.807, 2.05) is 5.01 Å². The van der Waals surface area contributed by atoms with Crippen molar-refractivity contribution in [3.63, 3.8) is 0 Å². The molecular formula is C8H15N3O4. The van der Waals surface area contributed by atoms with Gasteiger partial charge >= 0.3 is 5.97 Å². The van der Waals surface area contributed by atoms with E-state index in [1.54, 1.807) is 11.9 Å². The van der Waals surface area contributed by atoms with Crippen LogP contribution in [0.4, 0.5) is 0 Å². The average Bonchev–Trinajstić information content (AvgIpc) is 2.89. The van der Waals surface area contributed by atoms with Crippen LogP contribution in [0.1, 0.15) is 19.8 Å². The fourth-order valence-electron chi connectivity index (χ4n) is 1.12. The van der Waals surface area contributed by atoms with E-state index in [1.165, 1.54) is 11.4 Å². The number of rotatable bonds is 6. The van der Waals surface area contributed by atoms with Gasteiger partial charge in [-0.25, -0.2) is 0 Å².